The van der Waals surface area contributed by atoms with Crippen LogP contribution in [0.3, 0.4) is 0 Å². The van der Waals surface area contributed by atoms with Gasteiger partial charge in [0.15, 0.2) is 5.82 Å². The SMILES string of the molecule is Cc1nnnn1-c1cccc(NC(=O)[C@@H]2CC[C@H](CN)O2)c1.Cl. The Hall–Kier alpha value is -2.03. The Morgan fingerprint density at radius 3 is 2.96 bits per heavy atom. The van der Waals surface area contributed by atoms with Crippen molar-refractivity contribution in [3.8, 4) is 5.69 Å². The summed E-state index contributed by atoms with van der Waals surface area (Å²) in [6.45, 7) is 2.25. The number of carbonyl (C=O) groups excluding carboxylic acids is 1. The second-order valence-electron chi connectivity index (χ2n) is 5.24. The molecule has 1 aromatic heterocycles. The van der Waals surface area contributed by atoms with Crippen LogP contribution < -0.4 is 11.1 Å². The van der Waals surface area contributed by atoms with E-state index in [9.17, 15) is 4.79 Å². The Bertz CT molecular complexity index is 677. The van der Waals surface area contributed by atoms with Crippen LogP contribution in [-0.4, -0.2) is 44.9 Å². The molecule has 2 heterocycles. The largest absolute Gasteiger partial charge is 0.364 e. The van der Waals surface area contributed by atoms with E-state index in [1.807, 2.05) is 31.2 Å². The van der Waals surface area contributed by atoms with Crippen molar-refractivity contribution >= 4 is 24.0 Å². The van der Waals surface area contributed by atoms with Gasteiger partial charge in [-0.3, -0.25) is 4.79 Å². The normalized spacial score (nSPS) is 20.1. The number of nitrogens with one attached hydrogen (secondary N) is 1. The smallest absolute Gasteiger partial charge is 0.253 e. The summed E-state index contributed by atoms with van der Waals surface area (Å²) in [5.41, 5.74) is 7.02. The molecule has 2 atom stereocenters. The molecule has 1 aliphatic heterocycles. The van der Waals surface area contributed by atoms with E-state index in [-0.39, 0.29) is 24.4 Å². The minimum Gasteiger partial charge on any atom is -0.364 e. The first kappa shape index (κ1) is 17.3. The minimum absolute atomic E-state index is 0. The number of amides is 1. The van der Waals surface area contributed by atoms with E-state index < -0.39 is 6.10 Å². The zero-order valence-corrected chi connectivity index (χ0v) is 13.5. The molecule has 0 unspecified atom stereocenters. The van der Waals surface area contributed by atoms with E-state index >= 15 is 0 Å². The molecule has 124 valence electrons. The number of nitrogens with zero attached hydrogens (tertiary/aromatic N) is 4. The molecule has 1 aliphatic rings. The summed E-state index contributed by atoms with van der Waals surface area (Å²) >= 11 is 0. The molecule has 2 aromatic rings. The highest BCUT2D eigenvalue weighted by molar-refractivity contribution is 5.94. The van der Waals surface area contributed by atoms with E-state index in [1.54, 1.807) is 4.68 Å². The first-order valence-corrected chi connectivity index (χ1v) is 7.19. The van der Waals surface area contributed by atoms with Gasteiger partial charge >= 0.3 is 0 Å². The number of tetrazole rings is 1. The van der Waals surface area contributed by atoms with E-state index in [0.717, 1.165) is 12.1 Å². The highest BCUT2D eigenvalue weighted by atomic mass is 35.5. The molecule has 0 aliphatic carbocycles. The van der Waals surface area contributed by atoms with Crippen molar-refractivity contribution in [1.82, 2.24) is 20.2 Å². The van der Waals surface area contributed by atoms with Crippen LogP contribution in [0.25, 0.3) is 5.69 Å². The molecule has 0 spiro atoms. The highest BCUT2D eigenvalue weighted by Crippen LogP contribution is 2.21. The summed E-state index contributed by atoms with van der Waals surface area (Å²) in [4.78, 5) is 12.2. The molecular weight excluding hydrogens is 320 g/mol. The van der Waals surface area contributed by atoms with Crippen molar-refractivity contribution in [3.63, 3.8) is 0 Å². The predicted molar refractivity (Wildman–Crippen MR) is 86.7 cm³/mol. The van der Waals surface area contributed by atoms with Crippen molar-refractivity contribution in [2.24, 2.45) is 5.73 Å². The third-order valence-electron chi connectivity index (χ3n) is 3.65. The lowest BCUT2D eigenvalue weighted by Gasteiger charge is -2.13. The maximum absolute atomic E-state index is 12.2. The van der Waals surface area contributed by atoms with Crippen LogP contribution in [0.5, 0.6) is 0 Å². The third-order valence-corrected chi connectivity index (χ3v) is 3.65. The maximum atomic E-state index is 12.2. The highest BCUT2D eigenvalue weighted by Gasteiger charge is 2.29. The number of aryl methyl sites for hydroxylation is 1. The van der Waals surface area contributed by atoms with Crippen LogP contribution in [0.4, 0.5) is 5.69 Å². The summed E-state index contributed by atoms with van der Waals surface area (Å²) in [5, 5.41) is 14.2. The Balaban J connectivity index is 0.00000192. The average molecular weight is 339 g/mol. The maximum Gasteiger partial charge on any atom is 0.253 e. The topological polar surface area (TPSA) is 108 Å². The molecule has 0 saturated carbocycles. The van der Waals surface area contributed by atoms with Crippen LogP contribution >= 0.6 is 12.4 Å². The summed E-state index contributed by atoms with van der Waals surface area (Å²) in [5.74, 6) is 0.523. The van der Waals surface area contributed by atoms with Gasteiger partial charge in [0.2, 0.25) is 0 Å². The van der Waals surface area contributed by atoms with Gasteiger partial charge in [0.1, 0.15) is 6.10 Å². The van der Waals surface area contributed by atoms with E-state index in [2.05, 4.69) is 20.8 Å². The number of anilines is 1. The van der Waals surface area contributed by atoms with Gasteiger partial charge in [-0.1, -0.05) is 6.07 Å². The Morgan fingerprint density at radius 2 is 2.30 bits per heavy atom. The second-order valence-corrected chi connectivity index (χ2v) is 5.24. The van der Waals surface area contributed by atoms with Crippen molar-refractivity contribution in [3.05, 3.63) is 30.1 Å². The van der Waals surface area contributed by atoms with Crippen LogP contribution in [0.2, 0.25) is 0 Å². The van der Waals surface area contributed by atoms with Crippen molar-refractivity contribution < 1.29 is 9.53 Å². The predicted octanol–water partition coefficient (Wildman–Crippen LogP) is 0.837. The van der Waals surface area contributed by atoms with Crippen molar-refractivity contribution in [2.45, 2.75) is 32.0 Å². The molecule has 0 bridgehead atoms. The lowest BCUT2D eigenvalue weighted by molar-refractivity contribution is -0.126. The minimum atomic E-state index is -0.438. The van der Waals surface area contributed by atoms with Gasteiger partial charge in [0.25, 0.3) is 5.91 Å². The van der Waals surface area contributed by atoms with E-state index in [1.165, 1.54) is 0 Å². The Morgan fingerprint density at radius 1 is 1.48 bits per heavy atom. The molecule has 3 rings (SSSR count). The first-order valence-electron chi connectivity index (χ1n) is 7.19. The van der Waals surface area contributed by atoms with Gasteiger partial charge in [-0.15, -0.1) is 17.5 Å². The van der Waals surface area contributed by atoms with Gasteiger partial charge in [0, 0.05) is 12.2 Å². The molecule has 0 radical (unpaired) electrons. The number of halogens is 1. The number of nitrogens with two attached hydrogens (primary N) is 1. The molecule has 9 heteroatoms. The third kappa shape index (κ3) is 3.84. The fourth-order valence-corrected chi connectivity index (χ4v) is 2.48. The van der Waals surface area contributed by atoms with Crippen molar-refractivity contribution in [2.75, 3.05) is 11.9 Å². The number of hydrogen-bond acceptors (Lipinski definition) is 6. The lowest BCUT2D eigenvalue weighted by atomic mass is 10.2. The van der Waals surface area contributed by atoms with Crippen LogP contribution in [0, 0.1) is 6.92 Å². The molecule has 1 fully saturated rings. The fraction of sp³-hybridized carbons (Fsp3) is 0.429. The standard InChI is InChI=1S/C14H18N6O2.ClH/c1-9-17-18-19-20(9)11-4-2-3-10(7-11)16-14(21)13-6-5-12(8-15)22-13;/h2-4,7,12-13H,5-6,8,15H2,1H3,(H,16,21);1H/t12-,13+;/m1./s1. The van der Waals surface area contributed by atoms with Gasteiger partial charge < -0.3 is 15.8 Å². The van der Waals surface area contributed by atoms with Crippen LogP contribution in [0.15, 0.2) is 24.3 Å². The first-order chi connectivity index (χ1) is 10.7. The number of ether oxygens (including phenoxy) is 1. The molecule has 23 heavy (non-hydrogen) atoms. The summed E-state index contributed by atoms with van der Waals surface area (Å²) in [6, 6.07) is 7.34. The molecule has 8 nitrogen and oxygen atoms in total. The second kappa shape index (κ2) is 7.49. The van der Waals surface area contributed by atoms with Gasteiger partial charge in [0.05, 0.1) is 11.8 Å². The van der Waals surface area contributed by atoms with E-state index in [0.29, 0.717) is 24.5 Å². The molecular formula is C14H19ClN6O2. The van der Waals surface area contributed by atoms with Crippen LogP contribution in [0.1, 0.15) is 18.7 Å². The molecule has 1 amide bonds. The van der Waals surface area contributed by atoms with E-state index in [4.69, 9.17) is 10.5 Å². The number of aromatic nitrogens is 4. The van der Waals surface area contributed by atoms with Crippen LogP contribution in [-0.2, 0) is 9.53 Å². The zero-order valence-electron chi connectivity index (χ0n) is 12.7. The number of carbonyl (C=O) groups is 1. The number of rotatable bonds is 4. The zero-order chi connectivity index (χ0) is 15.5. The summed E-state index contributed by atoms with van der Waals surface area (Å²) in [6.07, 6.45) is 1.05. The Kier molecular flexibility index (Phi) is 5.64. The molecule has 3 N–H and O–H groups in total. The fourth-order valence-electron chi connectivity index (χ4n) is 2.48. The van der Waals surface area contributed by atoms with Gasteiger partial charge in [-0.2, -0.15) is 4.68 Å². The van der Waals surface area contributed by atoms with Gasteiger partial charge in [-0.25, -0.2) is 0 Å². The number of benzene rings is 1. The average Bonchev–Trinajstić information content (AvgIpc) is 3.16. The lowest BCUT2D eigenvalue weighted by Crippen LogP contribution is -2.29. The summed E-state index contributed by atoms with van der Waals surface area (Å²) in [7, 11) is 0. The molecule has 1 saturated heterocycles. The Labute approximate surface area is 139 Å². The summed E-state index contributed by atoms with van der Waals surface area (Å²) < 4.78 is 7.19. The quantitative estimate of drug-likeness (QED) is 0.855. The monoisotopic (exact) mass is 338 g/mol. The van der Waals surface area contributed by atoms with Gasteiger partial charge in [-0.05, 0) is 48.4 Å². The van der Waals surface area contributed by atoms with Crippen molar-refractivity contribution in [1.29, 1.82) is 0 Å². The molecule has 1 aromatic carbocycles. The number of hydrogen-bond donors (Lipinski definition) is 2.